The van der Waals surface area contributed by atoms with E-state index in [2.05, 4.69) is 0 Å². The van der Waals surface area contributed by atoms with E-state index in [1.165, 1.54) is 32.7 Å². The highest BCUT2D eigenvalue weighted by Gasteiger charge is 2.48. The lowest BCUT2D eigenvalue weighted by Crippen LogP contribution is -2.59. The van der Waals surface area contributed by atoms with Gasteiger partial charge in [-0.1, -0.05) is 30.0 Å². The number of rotatable bonds is 5. The van der Waals surface area contributed by atoms with Crippen molar-refractivity contribution >= 4 is 23.7 Å². The number of carbonyl (C=O) groups excluding carboxylic acids is 2. The van der Waals surface area contributed by atoms with Gasteiger partial charge in [-0.15, -0.1) is 0 Å². The predicted octanol–water partition coefficient (Wildman–Crippen LogP) is 2.40. The first-order chi connectivity index (χ1) is 11.4. The number of hydrogen-bond acceptors (Lipinski definition) is 7. The van der Waals surface area contributed by atoms with Gasteiger partial charge in [-0.25, -0.2) is 0 Å². The first-order valence-corrected chi connectivity index (χ1v) is 8.54. The molecule has 1 aliphatic heterocycles. The molecule has 1 saturated heterocycles. The summed E-state index contributed by atoms with van der Waals surface area (Å²) in [5, 5.41) is 0. The third kappa shape index (κ3) is 4.72. The Balaban J connectivity index is 2.25. The van der Waals surface area contributed by atoms with E-state index in [1.54, 1.807) is 0 Å². The normalized spacial score (nSPS) is 29.8. The van der Waals surface area contributed by atoms with Crippen molar-refractivity contribution in [2.24, 2.45) is 0 Å². The summed E-state index contributed by atoms with van der Waals surface area (Å²) in [5.41, 5.74) is -0.469. The van der Waals surface area contributed by atoms with Crippen LogP contribution >= 0.6 is 11.8 Å². The maximum absolute atomic E-state index is 11.5. The SMILES string of the molecule is COC1C(OC(C)=O)C(C)OC(Sc2ccccc2)C1OC(C)=O. The summed E-state index contributed by atoms with van der Waals surface area (Å²) in [6, 6.07) is 9.66. The molecule has 1 aromatic carbocycles. The Morgan fingerprint density at radius 1 is 1.00 bits per heavy atom. The van der Waals surface area contributed by atoms with E-state index in [4.69, 9.17) is 18.9 Å². The number of ether oxygens (including phenoxy) is 4. The number of thioether (sulfide) groups is 1. The molecule has 7 heteroatoms. The van der Waals surface area contributed by atoms with E-state index in [1.807, 2.05) is 37.3 Å². The minimum absolute atomic E-state index is 0.396. The second kappa shape index (κ2) is 8.50. The Morgan fingerprint density at radius 2 is 1.58 bits per heavy atom. The molecule has 5 atom stereocenters. The number of methoxy groups -OCH3 is 1. The molecule has 0 bridgehead atoms. The van der Waals surface area contributed by atoms with Crippen molar-refractivity contribution in [2.45, 2.75) is 55.5 Å². The number of benzene rings is 1. The smallest absolute Gasteiger partial charge is 0.303 e. The third-order valence-corrected chi connectivity index (χ3v) is 4.75. The predicted molar refractivity (Wildman–Crippen MR) is 88.5 cm³/mol. The Hall–Kier alpha value is -1.57. The lowest BCUT2D eigenvalue weighted by Gasteiger charge is -2.43. The number of carbonyl (C=O) groups is 2. The molecule has 0 radical (unpaired) electrons. The molecule has 0 spiro atoms. The van der Waals surface area contributed by atoms with E-state index >= 15 is 0 Å². The van der Waals surface area contributed by atoms with Crippen molar-refractivity contribution < 1.29 is 28.5 Å². The molecule has 132 valence electrons. The molecule has 0 saturated carbocycles. The zero-order chi connectivity index (χ0) is 17.7. The van der Waals surface area contributed by atoms with Crippen molar-refractivity contribution in [3.63, 3.8) is 0 Å². The summed E-state index contributed by atoms with van der Waals surface area (Å²) >= 11 is 1.44. The van der Waals surface area contributed by atoms with E-state index in [0.717, 1.165) is 4.90 Å². The van der Waals surface area contributed by atoms with Gasteiger partial charge >= 0.3 is 11.9 Å². The van der Waals surface area contributed by atoms with Crippen LogP contribution in [0.3, 0.4) is 0 Å². The van der Waals surface area contributed by atoms with Crippen molar-refractivity contribution in [1.82, 2.24) is 0 Å². The standard InChI is InChI=1S/C17H22O6S/c1-10-14(22-11(2)18)15(20-4)16(23-12(3)19)17(21-10)24-13-8-6-5-7-9-13/h5-10,14-17H,1-4H3. The second-order valence-electron chi connectivity index (χ2n) is 5.49. The number of hydrogen-bond donors (Lipinski definition) is 0. The van der Waals surface area contributed by atoms with Crippen LogP contribution in [-0.4, -0.2) is 48.9 Å². The highest BCUT2D eigenvalue weighted by Crippen LogP contribution is 2.36. The van der Waals surface area contributed by atoms with Gasteiger partial charge in [0.15, 0.2) is 12.2 Å². The monoisotopic (exact) mass is 354 g/mol. The molecule has 1 aliphatic rings. The topological polar surface area (TPSA) is 71.1 Å². The third-order valence-electron chi connectivity index (χ3n) is 3.60. The zero-order valence-corrected chi connectivity index (χ0v) is 14.9. The summed E-state index contributed by atoms with van der Waals surface area (Å²) in [4.78, 5) is 23.9. The lowest BCUT2D eigenvalue weighted by atomic mass is 10.00. The summed E-state index contributed by atoms with van der Waals surface area (Å²) < 4.78 is 22.3. The first-order valence-electron chi connectivity index (χ1n) is 7.66. The van der Waals surface area contributed by atoms with Gasteiger partial charge in [0, 0.05) is 25.9 Å². The molecule has 24 heavy (non-hydrogen) atoms. The van der Waals surface area contributed by atoms with Crippen LogP contribution in [0, 0.1) is 0 Å². The second-order valence-corrected chi connectivity index (χ2v) is 6.66. The summed E-state index contributed by atoms with van der Waals surface area (Å²) in [5.74, 6) is -0.881. The Morgan fingerprint density at radius 3 is 2.12 bits per heavy atom. The average Bonchev–Trinajstić information content (AvgIpc) is 2.52. The molecular weight excluding hydrogens is 332 g/mol. The van der Waals surface area contributed by atoms with E-state index in [-0.39, 0.29) is 0 Å². The molecule has 5 unspecified atom stereocenters. The van der Waals surface area contributed by atoms with Crippen molar-refractivity contribution in [3.8, 4) is 0 Å². The molecule has 1 aromatic rings. The van der Waals surface area contributed by atoms with Gasteiger partial charge in [0.2, 0.25) is 0 Å². The Kier molecular flexibility index (Phi) is 6.65. The minimum atomic E-state index is -0.696. The van der Waals surface area contributed by atoms with Gasteiger partial charge in [-0.3, -0.25) is 9.59 Å². The largest absolute Gasteiger partial charge is 0.457 e. The molecule has 6 nitrogen and oxygen atoms in total. The molecule has 0 N–H and O–H groups in total. The average molecular weight is 354 g/mol. The fourth-order valence-electron chi connectivity index (χ4n) is 2.64. The summed E-state index contributed by atoms with van der Waals surface area (Å²) in [6.07, 6.45) is -2.35. The van der Waals surface area contributed by atoms with Crippen LogP contribution in [0.25, 0.3) is 0 Å². The van der Waals surface area contributed by atoms with Crippen LogP contribution in [0.15, 0.2) is 35.2 Å². The van der Waals surface area contributed by atoms with Gasteiger partial charge in [0.05, 0.1) is 6.10 Å². The van der Waals surface area contributed by atoms with Crippen molar-refractivity contribution in [2.75, 3.05) is 7.11 Å². The van der Waals surface area contributed by atoms with Gasteiger partial charge in [0.1, 0.15) is 11.5 Å². The fraction of sp³-hybridized carbons (Fsp3) is 0.529. The van der Waals surface area contributed by atoms with Crippen LogP contribution in [0.1, 0.15) is 20.8 Å². The van der Waals surface area contributed by atoms with Crippen molar-refractivity contribution in [3.05, 3.63) is 30.3 Å². The van der Waals surface area contributed by atoms with Gasteiger partial charge < -0.3 is 18.9 Å². The van der Waals surface area contributed by atoms with Crippen LogP contribution < -0.4 is 0 Å². The zero-order valence-electron chi connectivity index (χ0n) is 14.1. The first kappa shape index (κ1) is 18.8. The number of esters is 2. The molecule has 1 fully saturated rings. The van der Waals surface area contributed by atoms with Gasteiger partial charge in [-0.05, 0) is 19.1 Å². The van der Waals surface area contributed by atoms with Gasteiger partial charge in [-0.2, -0.15) is 0 Å². The molecule has 0 aromatic heterocycles. The maximum atomic E-state index is 11.5. The van der Waals surface area contributed by atoms with Crippen LogP contribution in [-0.2, 0) is 28.5 Å². The maximum Gasteiger partial charge on any atom is 0.303 e. The Labute approximate surface area is 145 Å². The molecule has 0 aliphatic carbocycles. The highest BCUT2D eigenvalue weighted by molar-refractivity contribution is 7.99. The van der Waals surface area contributed by atoms with Crippen LogP contribution in [0.5, 0.6) is 0 Å². The van der Waals surface area contributed by atoms with Crippen molar-refractivity contribution in [1.29, 1.82) is 0 Å². The fourth-order valence-corrected chi connectivity index (χ4v) is 3.80. The van der Waals surface area contributed by atoms with Crippen LogP contribution in [0.2, 0.25) is 0 Å². The molecular formula is C17H22O6S. The summed E-state index contributed by atoms with van der Waals surface area (Å²) in [6.45, 7) is 4.46. The minimum Gasteiger partial charge on any atom is -0.457 e. The summed E-state index contributed by atoms with van der Waals surface area (Å²) in [7, 11) is 1.50. The lowest BCUT2D eigenvalue weighted by molar-refractivity contribution is -0.225. The highest BCUT2D eigenvalue weighted by atomic mass is 32.2. The van der Waals surface area contributed by atoms with Gasteiger partial charge in [0.25, 0.3) is 0 Å². The molecule has 0 amide bonds. The Bertz CT molecular complexity index is 563. The van der Waals surface area contributed by atoms with E-state index < -0.39 is 41.8 Å². The quantitative estimate of drug-likeness (QED) is 0.752. The van der Waals surface area contributed by atoms with E-state index in [0.29, 0.717) is 0 Å². The molecule has 1 heterocycles. The molecule has 2 rings (SSSR count). The van der Waals surface area contributed by atoms with E-state index in [9.17, 15) is 9.59 Å². The van der Waals surface area contributed by atoms with Crippen LogP contribution in [0.4, 0.5) is 0 Å².